The molecule has 0 aliphatic heterocycles. The fourth-order valence-corrected chi connectivity index (χ4v) is 6.65. The molecule has 0 N–H and O–H groups in total. The van der Waals surface area contributed by atoms with Gasteiger partial charge in [-0.2, -0.15) is 9.78 Å². The molecule has 0 aliphatic rings. The summed E-state index contributed by atoms with van der Waals surface area (Å²) in [4.78, 5) is 28.9. The minimum atomic E-state index is -0.434. The van der Waals surface area contributed by atoms with Crippen LogP contribution in [0.1, 0.15) is 11.1 Å². The third-order valence-electron chi connectivity index (χ3n) is 6.30. The summed E-state index contributed by atoms with van der Waals surface area (Å²) < 4.78 is 14.9. The number of ether oxygens (including phenoxy) is 1. The molecule has 0 aliphatic carbocycles. The van der Waals surface area contributed by atoms with Crippen LogP contribution in [0.3, 0.4) is 0 Å². The van der Waals surface area contributed by atoms with Gasteiger partial charge in [0.25, 0.3) is 11.2 Å². The lowest BCUT2D eigenvalue weighted by molar-refractivity contribution is -0.384. The first-order chi connectivity index (χ1) is 20.3. The summed E-state index contributed by atoms with van der Waals surface area (Å²) in [7, 11) is 0. The molecule has 6 rings (SSSR count). The molecule has 0 spiro atoms. The van der Waals surface area contributed by atoms with Crippen molar-refractivity contribution in [2.75, 3.05) is 0 Å². The molecule has 12 heteroatoms. The molecule has 0 fully saturated rings. The lowest BCUT2D eigenvalue weighted by Crippen LogP contribution is -2.20. The topological polar surface area (TPSA) is 113 Å². The van der Waals surface area contributed by atoms with Crippen molar-refractivity contribution in [3.05, 3.63) is 129 Å². The highest BCUT2D eigenvalue weighted by Gasteiger charge is 2.17. The number of non-ortho nitro benzene ring substituents is 1. The number of fused-ring (bicyclic) bond motifs is 2. The smallest absolute Gasteiger partial charge is 0.282 e. The number of nitro groups is 1. The van der Waals surface area contributed by atoms with Gasteiger partial charge in [0, 0.05) is 22.5 Å². The zero-order valence-electron chi connectivity index (χ0n) is 21.3. The third-order valence-corrected chi connectivity index (χ3v) is 8.14. The first-order valence-corrected chi connectivity index (χ1v) is 14.9. The van der Waals surface area contributed by atoms with Crippen molar-refractivity contribution in [3.8, 4) is 17.3 Å². The normalized spacial score (nSPS) is 11.5. The van der Waals surface area contributed by atoms with Gasteiger partial charge in [-0.05, 0) is 105 Å². The molecule has 42 heavy (non-hydrogen) atoms. The number of hydrogen-bond donors (Lipinski definition) is 0. The van der Waals surface area contributed by atoms with E-state index in [4.69, 9.17) is 25.7 Å². The molecule has 0 saturated carbocycles. The molecule has 0 saturated heterocycles. The van der Waals surface area contributed by atoms with Crippen LogP contribution in [0, 0.1) is 17.3 Å². The highest BCUT2D eigenvalue weighted by atomic mass is 127. The number of aromatic nitrogens is 2. The second kappa shape index (κ2) is 11.8. The third kappa shape index (κ3) is 5.76. The molecule has 208 valence electrons. The average Bonchev–Trinajstić information content (AvgIpc) is 3.39. The lowest BCUT2D eigenvalue weighted by atomic mass is 10.2. The van der Waals surface area contributed by atoms with Crippen LogP contribution < -0.4 is 10.3 Å². The number of benzene rings is 4. The zero-order chi connectivity index (χ0) is 29.4. The monoisotopic (exact) mass is 802 g/mol. The predicted octanol–water partition coefficient (Wildman–Crippen LogP) is 8.04. The minimum absolute atomic E-state index is 0.0105. The van der Waals surface area contributed by atoms with Gasteiger partial charge in [-0.15, -0.1) is 0 Å². The summed E-state index contributed by atoms with van der Waals surface area (Å²) in [5.74, 6) is 1.27. The Morgan fingerprint density at radius 1 is 1.02 bits per heavy atom. The van der Waals surface area contributed by atoms with Crippen molar-refractivity contribution in [2.45, 2.75) is 6.61 Å². The van der Waals surface area contributed by atoms with Crippen LogP contribution in [0.25, 0.3) is 33.5 Å². The standard InChI is InChI=1S/C30H17ClI2N4O5/c31-20-8-9-26-19(13-20)14-27(42-26)29-35-25-7-2-1-6-22(25)30(38)36(29)34-15-18-11-23(32)28(24(33)12-18)41-16-17-4-3-5-21(10-17)37(39)40/h1-15H,16H2. The van der Waals surface area contributed by atoms with E-state index < -0.39 is 4.92 Å². The molecule has 0 atom stereocenters. The van der Waals surface area contributed by atoms with Crippen LogP contribution in [-0.2, 0) is 6.61 Å². The highest BCUT2D eigenvalue weighted by molar-refractivity contribution is 14.1. The van der Waals surface area contributed by atoms with E-state index in [-0.39, 0.29) is 23.7 Å². The summed E-state index contributed by atoms with van der Waals surface area (Å²) in [6, 6.07) is 24.2. The van der Waals surface area contributed by atoms with E-state index >= 15 is 0 Å². The van der Waals surface area contributed by atoms with Crippen molar-refractivity contribution in [2.24, 2.45) is 5.10 Å². The summed E-state index contributed by atoms with van der Waals surface area (Å²) >= 11 is 10.5. The van der Waals surface area contributed by atoms with Gasteiger partial charge in [0.05, 0.1) is 29.2 Å². The quantitative estimate of drug-likeness (QED) is 0.0700. The van der Waals surface area contributed by atoms with Gasteiger partial charge in [-0.1, -0.05) is 35.9 Å². The van der Waals surface area contributed by atoms with Gasteiger partial charge in [0.1, 0.15) is 17.9 Å². The molecule has 2 heterocycles. The summed E-state index contributed by atoms with van der Waals surface area (Å²) in [5.41, 5.74) is 2.22. The zero-order valence-corrected chi connectivity index (χ0v) is 26.4. The maximum absolute atomic E-state index is 13.6. The van der Waals surface area contributed by atoms with E-state index in [1.54, 1.807) is 60.8 Å². The van der Waals surface area contributed by atoms with E-state index in [0.717, 1.165) is 18.1 Å². The Morgan fingerprint density at radius 3 is 2.60 bits per heavy atom. The van der Waals surface area contributed by atoms with Crippen molar-refractivity contribution < 1.29 is 14.1 Å². The number of para-hydroxylation sites is 1. The Bertz CT molecular complexity index is 2090. The molecule has 2 aromatic heterocycles. The van der Waals surface area contributed by atoms with E-state index in [9.17, 15) is 14.9 Å². The Labute approximate surface area is 270 Å². The Balaban J connectivity index is 1.35. The molecule has 0 bridgehead atoms. The molecule has 4 aromatic carbocycles. The number of nitrogens with zero attached hydrogens (tertiary/aromatic N) is 4. The van der Waals surface area contributed by atoms with Crippen LogP contribution in [0.4, 0.5) is 5.69 Å². The second-order valence-corrected chi connectivity index (χ2v) is 11.9. The first-order valence-electron chi connectivity index (χ1n) is 12.4. The Kier molecular flexibility index (Phi) is 7.96. The molecule has 0 radical (unpaired) electrons. The minimum Gasteiger partial charge on any atom is -0.487 e. The fourth-order valence-electron chi connectivity index (χ4n) is 4.35. The van der Waals surface area contributed by atoms with Crippen molar-refractivity contribution >= 4 is 90.6 Å². The summed E-state index contributed by atoms with van der Waals surface area (Å²) in [6.07, 6.45) is 1.58. The van der Waals surface area contributed by atoms with Crippen LogP contribution in [0.2, 0.25) is 5.02 Å². The number of rotatable bonds is 7. The van der Waals surface area contributed by atoms with Gasteiger partial charge in [0.15, 0.2) is 5.76 Å². The molecular formula is C30H17ClI2N4O5. The maximum Gasteiger partial charge on any atom is 0.282 e. The molecule has 0 amide bonds. The van der Waals surface area contributed by atoms with E-state index in [2.05, 4.69) is 50.3 Å². The number of nitro benzene ring substituents is 1. The van der Waals surface area contributed by atoms with Gasteiger partial charge in [-0.25, -0.2) is 4.98 Å². The molecule has 0 unspecified atom stereocenters. The first kappa shape index (κ1) is 28.3. The summed E-state index contributed by atoms with van der Waals surface area (Å²) in [5, 5.41) is 17.4. The van der Waals surface area contributed by atoms with Gasteiger partial charge in [0.2, 0.25) is 5.82 Å². The van der Waals surface area contributed by atoms with Gasteiger partial charge < -0.3 is 9.15 Å². The van der Waals surface area contributed by atoms with E-state index in [0.29, 0.717) is 38.6 Å². The number of furan rings is 1. The van der Waals surface area contributed by atoms with Crippen LogP contribution in [0.15, 0.2) is 99.2 Å². The van der Waals surface area contributed by atoms with E-state index in [1.807, 2.05) is 18.2 Å². The number of halogens is 3. The van der Waals surface area contributed by atoms with Crippen molar-refractivity contribution in [1.82, 2.24) is 9.66 Å². The second-order valence-electron chi connectivity index (χ2n) is 9.14. The maximum atomic E-state index is 13.6. The van der Waals surface area contributed by atoms with Crippen molar-refractivity contribution in [1.29, 1.82) is 0 Å². The lowest BCUT2D eigenvalue weighted by Gasteiger charge is -2.12. The van der Waals surface area contributed by atoms with Crippen molar-refractivity contribution in [3.63, 3.8) is 0 Å². The van der Waals surface area contributed by atoms with Crippen LogP contribution in [-0.4, -0.2) is 20.8 Å². The molecule has 6 aromatic rings. The van der Waals surface area contributed by atoms with Crippen LogP contribution in [0.5, 0.6) is 5.75 Å². The van der Waals surface area contributed by atoms with Gasteiger partial charge >= 0.3 is 0 Å². The highest BCUT2D eigenvalue weighted by Crippen LogP contribution is 2.31. The molecular weight excluding hydrogens is 786 g/mol. The molecule has 9 nitrogen and oxygen atoms in total. The number of hydrogen-bond acceptors (Lipinski definition) is 7. The Hall–Kier alpha value is -3.82. The average molecular weight is 803 g/mol. The SMILES string of the molecule is O=c1c2ccccc2nc(-c2cc3cc(Cl)ccc3o2)n1N=Cc1cc(I)c(OCc2cccc([N+](=O)[O-])c2)c(I)c1. The van der Waals surface area contributed by atoms with E-state index in [1.165, 1.54) is 16.8 Å². The van der Waals surface area contributed by atoms with Crippen LogP contribution >= 0.6 is 56.8 Å². The Morgan fingerprint density at radius 2 is 1.81 bits per heavy atom. The predicted molar refractivity (Wildman–Crippen MR) is 179 cm³/mol. The fraction of sp³-hybridized carbons (Fsp3) is 0.0333. The van der Waals surface area contributed by atoms with Gasteiger partial charge in [-0.3, -0.25) is 14.9 Å². The largest absolute Gasteiger partial charge is 0.487 e. The summed E-state index contributed by atoms with van der Waals surface area (Å²) in [6.45, 7) is 0.172.